The van der Waals surface area contributed by atoms with Gasteiger partial charge in [-0.25, -0.2) is 15.0 Å². The molecule has 4 aromatic rings. The molecule has 128 valence electrons. The largest absolute Gasteiger partial charge is 0.341 e. The molecule has 0 unspecified atom stereocenters. The summed E-state index contributed by atoms with van der Waals surface area (Å²) < 4.78 is 2.07. The molecule has 26 heavy (non-hydrogen) atoms. The lowest BCUT2D eigenvalue weighted by atomic mass is 10.1. The fraction of sp³-hybridized carbons (Fsp3) is 0.200. The molecule has 0 amide bonds. The molecule has 6 heteroatoms. The zero-order valence-corrected chi connectivity index (χ0v) is 14.5. The van der Waals surface area contributed by atoms with Crippen LogP contribution in [0.1, 0.15) is 12.1 Å². The third-order valence-corrected chi connectivity index (χ3v) is 4.69. The quantitative estimate of drug-likeness (QED) is 0.571. The van der Waals surface area contributed by atoms with Crippen molar-refractivity contribution in [3.63, 3.8) is 0 Å². The molecule has 0 spiro atoms. The normalized spacial score (nSPS) is 13.8. The highest BCUT2D eigenvalue weighted by Crippen LogP contribution is 2.31. The van der Waals surface area contributed by atoms with Crippen LogP contribution in [0, 0.1) is 6.92 Å². The minimum absolute atomic E-state index is 0.780. The number of hydrogen-bond acceptors (Lipinski definition) is 5. The number of nitrogens with zero attached hydrogens (tertiary/aromatic N) is 6. The van der Waals surface area contributed by atoms with Crippen LogP contribution in [0.2, 0.25) is 0 Å². The molecule has 0 aliphatic carbocycles. The summed E-state index contributed by atoms with van der Waals surface area (Å²) in [6, 6.07) is 13.9. The summed E-state index contributed by atoms with van der Waals surface area (Å²) in [6.07, 6.45) is 5.04. The molecule has 1 aliphatic heterocycles. The summed E-state index contributed by atoms with van der Waals surface area (Å²) in [7, 11) is 0. The smallest absolute Gasteiger partial charge is 0.225 e. The number of fused-ring (bicyclic) bond motifs is 1. The first-order valence-corrected chi connectivity index (χ1v) is 8.79. The van der Waals surface area contributed by atoms with E-state index in [9.17, 15) is 0 Å². The van der Waals surface area contributed by atoms with E-state index in [1.807, 2.05) is 61.8 Å². The van der Waals surface area contributed by atoms with Gasteiger partial charge in [0.05, 0.1) is 11.4 Å². The molecule has 5 heterocycles. The maximum atomic E-state index is 4.84. The minimum Gasteiger partial charge on any atom is -0.341 e. The van der Waals surface area contributed by atoms with E-state index in [1.54, 1.807) is 0 Å². The number of imidazole rings is 1. The van der Waals surface area contributed by atoms with Gasteiger partial charge in [0, 0.05) is 31.2 Å². The maximum Gasteiger partial charge on any atom is 0.225 e. The Balaban J connectivity index is 1.75. The van der Waals surface area contributed by atoms with Crippen LogP contribution in [0.25, 0.3) is 28.4 Å². The molecule has 6 nitrogen and oxygen atoms in total. The van der Waals surface area contributed by atoms with Crippen LogP contribution in [0.5, 0.6) is 0 Å². The van der Waals surface area contributed by atoms with Crippen molar-refractivity contribution in [3.05, 3.63) is 60.6 Å². The fourth-order valence-electron chi connectivity index (χ4n) is 3.24. The van der Waals surface area contributed by atoms with Crippen molar-refractivity contribution in [2.24, 2.45) is 0 Å². The summed E-state index contributed by atoms with van der Waals surface area (Å²) in [4.78, 5) is 21.0. The van der Waals surface area contributed by atoms with E-state index >= 15 is 0 Å². The van der Waals surface area contributed by atoms with Gasteiger partial charge < -0.3 is 4.90 Å². The molecule has 5 rings (SSSR count). The van der Waals surface area contributed by atoms with Gasteiger partial charge >= 0.3 is 0 Å². The van der Waals surface area contributed by atoms with E-state index in [4.69, 9.17) is 9.97 Å². The van der Waals surface area contributed by atoms with Gasteiger partial charge in [0.25, 0.3) is 0 Å². The highest BCUT2D eigenvalue weighted by molar-refractivity contribution is 5.79. The van der Waals surface area contributed by atoms with E-state index in [0.717, 1.165) is 53.2 Å². The van der Waals surface area contributed by atoms with Crippen molar-refractivity contribution >= 4 is 11.6 Å². The molecule has 0 radical (unpaired) electrons. The Bertz CT molecular complexity index is 1100. The summed E-state index contributed by atoms with van der Waals surface area (Å²) in [5, 5.41) is 0. The Morgan fingerprint density at radius 1 is 0.885 bits per heavy atom. The topological polar surface area (TPSA) is 59.2 Å². The minimum atomic E-state index is 0.780. The predicted octanol–water partition coefficient (Wildman–Crippen LogP) is 3.37. The number of rotatable bonds is 3. The van der Waals surface area contributed by atoms with Gasteiger partial charge in [0.15, 0.2) is 0 Å². The second-order valence-electron chi connectivity index (χ2n) is 6.48. The first-order chi connectivity index (χ1) is 12.8. The molecule has 0 saturated carbocycles. The molecule has 4 aromatic heterocycles. The Morgan fingerprint density at radius 3 is 2.62 bits per heavy atom. The number of hydrogen-bond donors (Lipinski definition) is 0. The Kier molecular flexibility index (Phi) is 3.41. The summed E-state index contributed by atoms with van der Waals surface area (Å²) >= 11 is 0. The van der Waals surface area contributed by atoms with E-state index in [1.165, 1.54) is 6.42 Å². The summed E-state index contributed by atoms with van der Waals surface area (Å²) in [5.74, 6) is 0.780. The van der Waals surface area contributed by atoms with Crippen molar-refractivity contribution < 1.29 is 0 Å². The molecule has 1 saturated heterocycles. The zero-order chi connectivity index (χ0) is 17.5. The molecule has 1 fully saturated rings. The second-order valence-corrected chi connectivity index (χ2v) is 6.48. The van der Waals surface area contributed by atoms with Crippen LogP contribution in [0.15, 0.2) is 54.9 Å². The van der Waals surface area contributed by atoms with Crippen LogP contribution in [-0.4, -0.2) is 37.4 Å². The van der Waals surface area contributed by atoms with Crippen LogP contribution >= 0.6 is 0 Å². The zero-order valence-electron chi connectivity index (χ0n) is 14.5. The van der Waals surface area contributed by atoms with E-state index in [0.29, 0.717) is 0 Å². The van der Waals surface area contributed by atoms with Gasteiger partial charge in [-0.05, 0) is 43.7 Å². The molecule has 0 aromatic carbocycles. The highest BCUT2D eigenvalue weighted by Gasteiger charge is 2.21. The Labute approximate surface area is 151 Å². The van der Waals surface area contributed by atoms with Gasteiger partial charge in [0.2, 0.25) is 5.95 Å². The highest BCUT2D eigenvalue weighted by atomic mass is 15.3. The number of anilines is 1. The average Bonchev–Trinajstić information content (AvgIpc) is 3.00. The Hall–Kier alpha value is -3.28. The first kappa shape index (κ1) is 15.0. The van der Waals surface area contributed by atoms with Crippen molar-refractivity contribution in [1.29, 1.82) is 0 Å². The van der Waals surface area contributed by atoms with Crippen molar-refractivity contribution in [1.82, 2.24) is 24.3 Å². The van der Waals surface area contributed by atoms with Gasteiger partial charge in [0.1, 0.15) is 17.0 Å². The molecule has 0 atom stereocenters. The lowest BCUT2D eigenvalue weighted by Crippen LogP contribution is -2.38. The monoisotopic (exact) mass is 342 g/mol. The molecule has 0 bridgehead atoms. The van der Waals surface area contributed by atoms with E-state index in [2.05, 4.69) is 19.3 Å². The standard InChI is InChI=1S/C20H18N6/c1-14-6-4-7-15(22-14)18-19(26-13-3-2-8-17(26)24-18)16-9-10-21-20(23-16)25-11-5-12-25/h2-4,6-10,13H,5,11-12H2,1H3. The van der Waals surface area contributed by atoms with E-state index in [-0.39, 0.29) is 0 Å². The van der Waals surface area contributed by atoms with Gasteiger partial charge in [-0.3, -0.25) is 9.38 Å². The third kappa shape index (κ3) is 2.42. The van der Waals surface area contributed by atoms with Gasteiger partial charge in [-0.1, -0.05) is 12.1 Å². The third-order valence-electron chi connectivity index (χ3n) is 4.69. The van der Waals surface area contributed by atoms with Crippen LogP contribution < -0.4 is 4.90 Å². The maximum absolute atomic E-state index is 4.84. The number of pyridine rings is 2. The van der Waals surface area contributed by atoms with Crippen LogP contribution in [0.3, 0.4) is 0 Å². The molecule has 0 N–H and O–H groups in total. The molecule has 1 aliphatic rings. The SMILES string of the molecule is Cc1cccc(-c2nc3ccccn3c2-c2ccnc(N3CCC3)n2)n1. The number of aryl methyl sites for hydroxylation is 1. The van der Waals surface area contributed by atoms with Gasteiger partial charge in [-0.2, -0.15) is 0 Å². The predicted molar refractivity (Wildman–Crippen MR) is 101 cm³/mol. The average molecular weight is 342 g/mol. The summed E-state index contributed by atoms with van der Waals surface area (Å²) in [5.41, 5.74) is 5.35. The lowest BCUT2D eigenvalue weighted by Gasteiger charge is -2.30. The number of aromatic nitrogens is 5. The molecular weight excluding hydrogens is 324 g/mol. The molecular formula is C20H18N6. The van der Waals surface area contributed by atoms with Crippen LogP contribution in [-0.2, 0) is 0 Å². The van der Waals surface area contributed by atoms with E-state index < -0.39 is 0 Å². The first-order valence-electron chi connectivity index (χ1n) is 8.79. The van der Waals surface area contributed by atoms with Crippen molar-refractivity contribution in [2.75, 3.05) is 18.0 Å². The van der Waals surface area contributed by atoms with Crippen molar-refractivity contribution in [3.8, 4) is 22.8 Å². The fourth-order valence-corrected chi connectivity index (χ4v) is 3.24. The second kappa shape index (κ2) is 5.91. The van der Waals surface area contributed by atoms with Crippen LogP contribution in [0.4, 0.5) is 5.95 Å². The lowest BCUT2D eigenvalue weighted by molar-refractivity contribution is 0.600. The Morgan fingerprint density at radius 2 is 1.81 bits per heavy atom. The van der Waals surface area contributed by atoms with Gasteiger partial charge in [-0.15, -0.1) is 0 Å². The summed E-state index contributed by atoms with van der Waals surface area (Å²) in [6.45, 7) is 4.03. The van der Waals surface area contributed by atoms with Crippen molar-refractivity contribution in [2.45, 2.75) is 13.3 Å².